The number of hydrogen-bond donors (Lipinski definition) is 2. The topological polar surface area (TPSA) is 87.3 Å². The molecule has 136 valence electrons. The molecule has 2 N–H and O–H groups in total. The summed E-state index contributed by atoms with van der Waals surface area (Å²) in [7, 11) is 0. The van der Waals surface area contributed by atoms with Gasteiger partial charge in [-0.25, -0.2) is 10.1 Å². The zero-order valence-corrected chi connectivity index (χ0v) is 16.0. The number of aromatic hydroxyl groups is 1. The van der Waals surface area contributed by atoms with Gasteiger partial charge in [-0.3, -0.25) is 0 Å². The largest absolute Gasteiger partial charge is 0.480 e. The molecule has 2 aromatic carbocycles. The first-order valence-electron chi connectivity index (χ1n) is 7.84. The maximum atomic E-state index is 9.83. The van der Waals surface area contributed by atoms with Gasteiger partial charge in [0.15, 0.2) is 5.76 Å². The van der Waals surface area contributed by atoms with Gasteiger partial charge >= 0.3 is 0 Å². The van der Waals surface area contributed by atoms with Crippen molar-refractivity contribution < 1.29 is 9.52 Å². The molecule has 0 atom stereocenters. The van der Waals surface area contributed by atoms with Crippen molar-refractivity contribution in [1.29, 1.82) is 0 Å². The summed E-state index contributed by atoms with van der Waals surface area (Å²) < 4.78 is 5.33. The van der Waals surface area contributed by atoms with E-state index in [4.69, 9.17) is 27.6 Å². The van der Waals surface area contributed by atoms with Crippen molar-refractivity contribution in [3.8, 4) is 5.95 Å². The second kappa shape index (κ2) is 7.64. The summed E-state index contributed by atoms with van der Waals surface area (Å²) in [5.74, 6) is 1.16. The second-order valence-corrected chi connectivity index (χ2v) is 7.26. The van der Waals surface area contributed by atoms with Gasteiger partial charge in [-0.15, -0.1) is 5.10 Å². The van der Waals surface area contributed by atoms with E-state index in [0.717, 1.165) is 10.9 Å². The molecule has 0 fully saturated rings. The van der Waals surface area contributed by atoms with Gasteiger partial charge < -0.3 is 9.52 Å². The maximum Gasteiger partial charge on any atom is 0.290 e. The normalized spacial score (nSPS) is 11.6. The fourth-order valence-corrected chi connectivity index (χ4v) is 4.02. The van der Waals surface area contributed by atoms with Crippen LogP contribution in [0.3, 0.4) is 0 Å². The summed E-state index contributed by atoms with van der Waals surface area (Å²) in [5, 5.41) is 19.8. The predicted octanol–water partition coefficient (Wildman–Crippen LogP) is 5.61. The molecule has 0 aliphatic heterocycles. The number of thioether (sulfide) groups is 1. The van der Waals surface area contributed by atoms with Gasteiger partial charge in [-0.1, -0.05) is 59.2 Å². The third kappa shape index (κ3) is 3.80. The van der Waals surface area contributed by atoms with Crippen LogP contribution in [0.4, 0.5) is 5.95 Å². The zero-order chi connectivity index (χ0) is 18.8. The van der Waals surface area contributed by atoms with Crippen molar-refractivity contribution >= 4 is 57.9 Å². The van der Waals surface area contributed by atoms with E-state index in [1.54, 1.807) is 24.3 Å². The summed E-state index contributed by atoms with van der Waals surface area (Å²) in [5.41, 5.74) is 0.832. The molecule has 0 spiro atoms. The van der Waals surface area contributed by atoms with E-state index in [1.165, 1.54) is 18.0 Å². The highest BCUT2D eigenvalue weighted by Gasteiger charge is 2.11. The number of furan rings is 1. The predicted molar refractivity (Wildman–Crippen MR) is 108 cm³/mol. The SMILES string of the molecule is Oc1oc(/C=N/c2nc(SCc3c(Cl)cccc3Cl)n[nH]2)c2ccccc12. The quantitative estimate of drug-likeness (QED) is 0.325. The van der Waals surface area contributed by atoms with E-state index in [0.29, 0.717) is 38.0 Å². The molecule has 2 heterocycles. The summed E-state index contributed by atoms with van der Waals surface area (Å²) in [4.78, 5) is 8.52. The monoisotopic (exact) mass is 418 g/mol. The lowest BCUT2D eigenvalue weighted by Gasteiger charge is -2.04. The first-order chi connectivity index (χ1) is 13.1. The first kappa shape index (κ1) is 17.9. The standard InChI is InChI=1S/C18H12Cl2N4O2S/c19-13-6-3-7-14(20)12(13)9-27-18-22-17(23-24-18)21-8-15-10-4-1-2-5-11(10)16(25)26-15/h1-8,25H,9H2,(H,22,23,24)/b21-8+. The minimum absolute atomic E-state index is 0.141. The summed E-state index contributed by atoms with van der Waals surface area (Å²) in [6.45, 7) is 0. The lowest BCUT2D eigenvalue weighted by atomic mass is 10.2. The van der Waals surface area contributed by atoms with E-state index in [9.17, 15) is 5.11 Å². The van der Waals surface area contributed by atoms with Crippen LogP contribution >= 0.6 is 35.0 Å². The minimum atomic E-state index is -0.141. The Morgan fingerprint density at radius 3 is 2.63 bits per heavy atom. The van der Waals surface area contributed by atoms with E-state index in [1.807, 2.05) is 18.2 Å². The third-order valence-electron chi connectivity index (χ3n) is 3.79. The Morgan fingerprint density at radius 2 is 1.85 bits per heavy atom. The van der Waals surface area contributed by atoms with E-state index >= 15 is 0 Å². The van der Waals surface area contributed by atoms with Crippen molar-refractivity contribution in [1.82, 2.24) is 15.2 Å². The van der Waals surface area contributed by atoms with Crippen molar-refractivity contribution in [2.45, 2.75) is 10.9 Å². The van der Waals surface area contributed by atoms with Crippen LogP contribution in [-0.2, 0) is 5.75 Å². The van der Waals surface area contributed by atoms with Crippen LogP contribution in [-0.4, -0.2) is 26.5 Å². The number of nitrogens with one attached hydrogen (secondary N) is 1. The Balaban J connectivity index is 1.49. The van der Waals surface area contributed by atoms with Crippen LogP contribution in [0.2, 0.25) is 10.0 Å². The van der Waals surface area contributed by atoms with Crippen LogP contribution in [0, 0.1) is 0 Å². The molecule has 0 aliphatic carbocycles. The van der Waals surface area contributed by atoms with E-state index < -0.39 is 0 Å². The highest BCUT2D eigenvalue weighted by atomic mass is 35.5. The Kier molecular flexibility index (Phi) is 5.07. The number of benzene rings is 2. The molecule has 0 saturated carbocycles. The van der Waals surface area contributed by atoms with Crippen LogP contribution in [0.5, 0.6) is 5.95 Å². The summed E-state index contributed by atoms with van der Waals surface area (Å²) in [6, 6.07) is 12.7. The van der Waals surface area contributed by atoms with Gasteiger partial charge in [0.1, 0.15) is 0 Å². The van der Waals surface area contributed by atoms with Gasteiger partial charge in [-0.2, -0.15) is 4.98 Å². The average molecular weight is 419 g/mol. The number of H-pyrrole nitrogens is 1. The molecule has 9 heteroatoms. The Morgan fingerprint density at radius 1 is 1.11 bits per heavy atom. The summed E-state index contributed by atoms with van der Waals surface area (Å²) >= 11 is 13.7. The van der Waals surface area contributed by atoms with Crippen molar-refractivity contribution in [3.63, 3.8) is 0 Å². The fourth-order valence-electron chi connectivity index (χ4n) is 2.48. The van der Waals surface area contributed by atoms with E-state index in [2.05, 4.69) is 20.2 Å². The highest BCUT2D eigenvalue weighted by Crippen LogP contribution is 2.31. The summed E-state index contributed by atoms with van der Waals surface area (Å²) in [6.07, 6.45) is 1.49. The number of aliphatic imine (C=N–C) groups is 1. The highest BCUT2D eigenvalue weighted by molar-refractivity contribution is 7.98. The van der Waals surface area contributed by atoms with E-state index in [-0.39, 0.29) is 5.95 Å². The molecular weight excluding hydrogens is 407 g/mol. The van der Waals surface area contributed by atoms with Crippen molar-refractivity contribution in [2.75, 3.05) is 0 Å². The van der Waals surface area contributed by atoms with Gasteiger partial charge in [0, 0.05) is 21.2 Å². The molecule has 27 heavy (non-hydrogen) atoms. The van der Waals surface area contributed by atoms with Crippen LogP contribution in [0.15, 0.2) is 57.0 Å². The van der Waals surface area contributed by atoms with Crippen LogP contribution < -0.4 is 0 Å². The molecule has 0 unspecified atom stereocenters. The minimum Gasteiger partial charge on any atom is -0.480 e. The number of nitrogens with zero attached hydrogens (tertiary/aromatic N) is 3. The molecule has 0 amide bonds. The van der Waals surface area contributed by atoms with Gasteiger partial charge in [0.05, 0.1) is 11.6 Å². The third-order valence-corrected chi connectivity index (χ3v) is 5.38. The number of fused-ring (bicyclic) bond motifs is 1. The van der Waals surface area contributed by atoms with Gasteiger partial charge in [0.2, 0.25) is 11.1 Å². The zero-order valence-electron chi connectivity index (χ0n) is 13.7. The Bertz CT molecular complexity index is 1120. The number of hydrogen-bond acceptors (Lipinski definition) is 6. The Labute approximate surface area is 168 Å². The molecule has 4 rings (SSSR count). The number of aromatic nitrogens is 3. The smallest absolute Gasteiger partial charge is 0.290 e. The molecule has 0 saturated heterocycles. The molecule has 0 radical (unpaired) electrons. The molecule has 0 aliphatic rings. The average Bonchev–Trinajstić information content (AvgIpc) is 3.24. The lowest BCUT2D eigenvalue weighted by Crippen LogP contribution is -1.85. The van der Waals surface area contributed by atoms with Crippen molar-refractivity contribution in [3.05, 3.63) is 63.8 Å². The van der Waals surface area contributed by atoms with Gasteiger partial charge in [-0.05, 0) is 23.8 Å². The number of halogens is 2. The fraction of sp³-hybridized carbons (Fsp3) is 0.0556. The van der Waals surface area contributed by atoms with Crippen molar-refractivity contribution in [2.24, 2.45) is 4.99 Å². The second-order valence-electron chi connectivity index (χ2n) is 5.51. The molecule has 4 aromatic rings. The molecular formula is C18H12Cl2N4O2S. The first-order valence-corrected chi connectivity index (χ1v) is 9.58. The van der Waals surface area contributed by atoms with Gasteiger partial charge in [0.25, 0.3) is 5.95 Å². The lowest BCUT2D eigenvalue weighted by molar-refractivity contribution is 0.336. The van der Waals surface area contributed by atoms with Crippen LogP contribution in [0.1, 0.15) is 11.3 Å². The Hall–Kier alpha value is -2.48. The molecule has 2 aromatic heterocycles. The number of rotatable bonds is 5. The van der Waals surface area contributed by atoms with Crippen LogP contribution in [0.25, 0.3) is 10.8 Å². The molecule has 0 bridgehead atoms. The maximum absolute atomic E-state index is 9.83. The molecule has 6 nitrogen and oxygen atoms in total. The number of aromatic amines is 1.